The number of pyridine rings is 1. The number of hydrogen-bond acceptors (Lipinski definition) is 5. The highest BCUT2D eigenvalue weighted by Gasteiger charge is 2.13. The van der Waals surface area contributed by atoms with E-state index in [1.165, 1.54) is 23.6 Å². The fraction of sp³-hybridized carbons (Fsp3) is 0.0909. The van der Waals surface area contributed by atoms with Gasteiger partial charge in [0.1, 0.15) is 11.8 Å². The molecule has 0 atom stereocenters. The number of rotatable bonds is 3. The second-order valence-electron chi connectivity index (χ2n) is 3.26. The van der Waals surface area contributed by atoms with E-state index in [2.05, 4.69) is 4.98 Å². The zero-order valence-electron chi connectivity index (χ0n) is 8.72. The number of hydrogen-bond donors (Lipinski definition) is 1. The number of nitrogens with zero attached hydrogens (tertiary/aromatic N) is 1. The molecule has 0 aliphatic rings. The molecule has 0 aliphatic heterocycles. The summed E-state index contributed by atoms with van der Waals surface area (Å²) in [6, 6.07) is 5.23. The number of carbonyl (C=O) groups excluding carboxylic acids is 1. The second kappa shape index (κ2) is 5.16. The summed E-state index contributed by atoms with van der Waals surface area (Å²) in [6.07, 6.45) is 1.39. The van der Waals surface area contributed by atoms with Gasteiger partial charge in [-0.25, -0.2) is 9.78 Å². The number of carbonyl (C=O) groups is 1. The fourth-order valence-corrected chi connectivity index (χ4v) is 2.01. The van der Waals surface area contributed by atoms with E-state index < -0.39 is 5.97 Å². The molecular weight excluding hydrogens is 260 g/mol. The molecule has 88 valence electrons. The standard InChI is InChI=1S/C11H9ClN2O2S/c12-10-9(4-7(13)5-14-10)11(15)16-6-8-2-1-3-17-8/h1-5H,6,13H2. The van der Waals surface area contributed by atoms with Crippen LogP contribution in [0.5, 0.6) is 0 Å². The average Bonchev–Trinajstić information content (AvgIpc) is 2.82. The number of esters is 1. The van der Waals surface area contributed by atoms with Gasteiger partial charge < -0.3 is 10.5 Å². The maximum absolute atomic E-state index is 11.7. The molecule has 0 bridgehead atoms. The van der Waals surface area contributed by atoms with Crippen LogP contribution >= 0.6 is 22.9 Å². The second-order valence-corrected chi connectivity index (χ2v) is 4.65. The monoisotopic (exact) mass is 268 g/mol. The maximum atomic E-state index is 11.7. The molecule has 2 rings (SSSR count). The molecule has 0 aromatic carbocycles. The number of nitrogen functional groups attached to an aromatic ring is 1. The van der Waals surface area contributed by atoms with E-state index in [1.54, 1.807) is 0 Å². The lowest BCUT2D eigenvalue weighted by Gasteiger charge is -2.05. The van der Waals surface area contributed by atoms with Crippen molar-refractivity contribution in [2.24, 2.45) is 0 Å². The lowest BCUT2D eigenvalue weighted by molar-refractivity contribution is 0.0476. The van der Waals surface area contributed by atoms with Crippen LogP contribution in [0.15, 0.2) is 29.8 Å². The molecule has 0 amide bonds. The van der Waals surface area contributed by atoms with E-state index >= 15 is 0 Å². The molecule has 0 fully saturated rings. The number of thiophene rings is 1. The van der Waals surface area contributed by atoms with Crippen molar-refractivity contribution in [2.45, 2.75) is 6.61 Å². The zero-order chi connectivity index (χ0) is 12.3. The lowest BCUT2D eigenvalue weighted by Crippen LogP contribution is -2.07. The third kappa shape index (κ3) is 2.95. The number of anilines is 1. The van der Waals surface area contributed by atoms with Gasteiger partial charge in [-0.3, -0.25) is 0 Å². The molecule has 0 spiro atoms. The van der Waals surface area contributed by atoms with E-state index in [0.29, 0.717) is 5.69 Å². The van der Waals surface area contributed by atoms with E-state index in [-0.39, 0.29) is 17.3 Å². The first-order chi connectivity index (χ1) is 8.16. The molecular formula is C11H9ClN2O2S. The van der Waals surface area contributed by atoms with E-state index in [4.69, 9.17) is 22.1 Å². The van der Waals surface area contributed by atoms with Gasteiger partial charge in [0.05, 0.1) is 17.4 Å². The molecule has 0 unspecified atom stereocenters. The molecule has 0 saturated heterocycles. The van der Waals surface area contributed by atoms with Crippen LogP contribution < -0.4 is 5.73 Å². The highest BCUT2D eigenvalue weighted by atomic mass is 35.5. The topological polar surface area (TPSA) is 65.2 Å². The third-order valence-electron chi connectivity index (χ3n) is 2.01. The van der Waals surface area contributed by atoms with Crippen molar-refractivity contribution in [1.82, 2.24) is 4.98 Å². The summed E-state index contributed by atoms with van der Waals surface area (Å²) in [6.45, 7) is 0.224. The van der Waals surface area contributed by atoms with Crippen LogP contribution in [0.1, 0.15) is 15.2 Å². The summed E-state index contributed by atoms with van der Waals surface area (Å²) < 4.78 is 5.10. The fourth-order valence-electron chi connectivity index (χ4n) is 1.22. The minimum absolute atomic E-state index is 0.0929. The van der Waals surface area contributed by atoms with Gasteiger partial charge >= 0.3 is 5.97 Å². The number of halogens is 1. The highest BCUT2D eigenvalue weighted by Crippen LogP contribution is 2.18. The average molecular weight is 269 g/mol. The summed E-state index contributed by atoms with van der Waals surface area (Å²) in [7, 11) is 0. The smallest absolute Gasteiger partial charge is 0.341 e. The van der Waals surface area contributed by atoms with Crippen LogP contribution in [0.3, 0.4) is 0 Å². The zero-order valence-corrected chi connectivity index (χ0v) is 10.3. The minimum atomic E-state index is -0.525. The van der Waals surface area contributed by atoms with Gasteiger partial charge in [-0.15, -0.1) is 11.3 Å². The molecule has 2 aromatic rings. The summed E-state index contributed by atoms with van der Waals surface area (Å²) in [5.41, 5.74) is 6.09. The predicted octanol–water partition coefficient (Wildman–Crippen LogP) is 2.74. The molecule has 0 saturated carbocycles. The Morgan fingerprint density at radius 2 is 2.41 bits per heavy atom. The molecule has 2 N–H and O–H groups in total. The number of ether oxygens (including phenoxy) is 1. The molecule has 0 radical (unpaired) electrons. The molecule has 2 heterocycles. The Morgan fingerprint density at radius 1 is 1.59 bits per heavy atom. The Hall–Kier alpha value is -1.59. The first-order valence-corrected chi connectivity index (χ1v) is 6.03. The van der Waals surface area contributed by atoms with Gasteiger partial charge in [-0.05, 0) is 17.5 Å². The van der Waals surface area contributed by atoms with E-state index in [1.807, 2.05) is 17.5 Å². The predicted molar refractivity (Wildman–Crippen MR) is 67.1 cm³/mol. The largest absolute Gasteiger partial charge is 0.456 e. The highest BCUT2D eigenvalue weighted by molar-refractivity contribution is 7.09. The molecule has 6 heteroatoms. The number of aromatic nitrogens is 1. The first-order valence-electron chi connectivity index (χ1n) is 4.77. The normalized spacial score (nSPS) is 10.2. The molecule has 0 aliphatic carbocycles. The van der Waals surface area contributed by atoms with Crippen molar-refractivity contribution in [3.63, 3.8) is 0 Å². The van der Waals surface area contributed by atoms with Crippen LogP contribution in [-0.4, -0.2) is 11.0 Å². The SMILES string of the molecule is Nc1cnc(Cl)c(C(=O)OCc2cccs2)c1. The summed E-state index contributed by atoms with van der Waals surface area (Å²) in [5.74, 6) is -0.525. The molecule has 4 nitrogen and oxygen atoms in total. The summed E-state index contributed by atoms with van der Waals surface area (Å²) in [5, 5.41) is 2.01. The lowest BCUT2D eigenvalue weighted by atomic mass is 10.2. The van der Waals surface area contributed by atoms with Gasteiger partial charge in [0.25, 0.3) is 0 Å². The minimum Gasteiger partial charge on any atom is -0.456 e. The Kier molecular flexibility index (Phi) is 3.61. The van der Waals surface area contributed by atoms with Crippen molar-refractivity contribution in [1.29, 1.82) is 0 Å². The Balaban J connectivity index is 2.07. The van der Waals surface area contributed by atoms with E-state index in [0.717, 1.165) is 4.88 Å². The van der Waals surface area contributed by atoms with Gasteiger partial charge in [-0.1, -0.05) is 17.7 Å². The van der Waals surface area contributed by atoms with Crippen molar-refractivity contribution >= 4 is 34.6 Å². The van der Waals surface area contributed by atoms with Gasteiger partial charge in [0.2, 0.25) is 0 Å². The van der Waals surface area contributed by atoms with Crippen molar-refractivity contribution in [2.75, 3.05) is 5.73 Å². The van der Waals surface area contributed by atoms with Gasteiger partial charge in [-0.2, -0.15) is 0 Å². The Labute approximate surface area is 107 Å². The van der Waals surface area contributed by atoms with Crippen LogP contribution in [-0.2, 0) is 11.3 Å². The van der Waals surface area contributed by atoms with Gasteiger partial charge in [0, 0.05) is 4.88 Å². The number of nitrogens with two attached hydrogens (primary N) is 1. The molecule has 2 aromatic heterocycles. The van der Waals surface area contributed by atoms with Crippen LogP contribution in [0, 0.1) is 0 Å². The maximum Gasteiger partial charge on any atom is 0.341 e. The summed E-state index contributed by atoms with van der Waals surface area (Å²) in [4.78, 5) is 16.5. The van der Waals surface area contributed by atoms with Crippen molar-refractivity contribution < 1.29 is 9.53 Å². The first kappa shape index (κ1) is 11.9. The van der Waals surface area contributed by atoms with Crippen molar-refractivity contribution in [3.05, 3.63) is 45.4 Å². The quantitative estimate of drug-likeness (QED) is 0.687. The molecule has 17 heavy (non-hydrogen) atoms. The van der Waals surface area contributed by atoms with Crippen LogP contribution in [0.25, 0.3) is 0 Å². The van der Waals surface area contributed by atoms with Crippen molar-refractivity contribution in [3.8, 4) is 0 Å². The Bertz CT molecular complexity index is 528. The Morgan fingerprint density at radius 3 is 3.12 bits per heavy atom. The van der Waals surface area contributed by atoms with Crippen LogP contribution in [0.4, 0.5) is 5.69 Å². The van der Waals surface area contributed by atoms with Crippen LogP contribution in [0.2, 0.25) is 5.15 Å². The third-order valence-corrected chi connectivity index (χ3v) is 3.16. The summed E-state index contributed by atoms with van der Waals surface area (Å²) >= 11 is 7.30. The van der Waals surface area contributed by atoms with Gasteiger partial charge in [0.15, 0.2) is 0 Å². The van der Waals surface area contributed by atoms with E-state index in [9.17, 15) is 4.79 Å².